The van der Waals surface area contributed by atoms with Gasteiger partial charge in [-0.2, -0.15) is 0 Å². The summed E-state index contributed by atoms with van der Waals surface area (Å²) >= 11 is 13.6. The SMILES string of the molecule is CNC(c1cc(Cl)c(Br)s1)c1ccccc1I. The highest BCUT2D eigenvalue weighted by Crippen LogP contribution is 2.38. The summed E-state index contributed by atoms with van der Waals surface area (Å²) in [6.45, 7) is 0. The zero-order valence-electron chi connectivity index (χ0n) is 9.01. The largest absolute Gasteiger partial charge is 0.309 e. The van der Waals surface area contributed by atoms with E-state index in [1.54, 1.807) is 11.3 Å². The quantitative estimate of drug-likeness (QED) is 0.654. The summed E-state index contributed by atoms with van der Waals surface area (Å²) in [5.41, 5.74) is 1.28. The Morgan fingerprint density at radius 1 is 1.41 bits per heavy atom. The number of benzene rings is 1. The highest BCUT2D eigenvalue weighted by molar-refractivity contribution is 14.1. The molecule has 2 aromatic rings. The first kappa shape index (κ1) is 13.8. The van der Waals surface area contributed by atoms with E-state index in [1.807, 2.05) is 13.1 Å². The molecule has 1 heterocycles. The maximum absolute atomic E-state index is 6.09. The van der Waals surface area contributed by atoms with E-state index in [9.17, 15) is 0 Å². The van der Waals surface area contributed by atoms with Crippen LogP contribution in [0.4, 0.5) is 0 Å². The molecular weight excluding hydrogens is 432 g/mol. The molecule has 90 valence electrons. The summed E-state index contributed by atoms with van der Waals surface area (Å²) < 4.78 is 2.24. The van der Waals surface area contributed by atoms with Crippen molar-refractivity contribution in [3.05, 3.63) is 53.2 Å². The van der Waals surface area contributed by atoms with Crippen LogP contribution in [0.1, 0.15) is 16.5 Å². The van der Waals surface area contributed by atoms with Crippen LogP contribution in [0.5, 0.6) is 0 Å². The van der Waals surface area contributed by atoms with Gasteiger partial charge < -0.3 is 5.32 Å². The lowest BCUT2D eigenvalue weighted by Crippen LogP contribution is -2.17. The fraction of sp³-hybridized carbons (Fsp3) is 0.167. The first-order valence-electron chi connectivity index (χ1n) is 5.00. The number of halogens is 3. The second-order valence-corrected chi connectivity index (χ2v) is 7.48. The van der Waals surface area contributed by atoms with Crippen LogP contribution >= 0.6 is 61.5 Å². The monoisotopic (exact) mass is 441 g/mol. The lowest BCUT2D eigenvalue weighted by atomic mass is 10.1. The van der Waals surface area contributed by atoms with E-state index in [1.165, 1.54) is 14.0 Å². The van der Waals surface area contributed by atoms with Crippen molar-refractivity contribution in [1.82, 2.24) is 5.32 Å². The molecule has 0 fully saturated rings. The van der Waals surface area contributed by atoms with Crippen molar-refractivity contribution in [3.8, 4) is 0 Å². The van der Waals surface area contributed by atoms with Gasteiger partial charge in [0.15, 0.2) is 0 Å². The third kappa shape index (κ3) is 3.04. The van der Waals surface area contributed by atoms with E-state index >= 15 is 0 Å². The number of hydrogen-bond acceptors (Lipinski definition) is 2. The van der Waals surface area contributed by atoms with Crippen molar-refractivity contribution in [1.29, 1.82) is 0 Å². The van der Waals surface area contributed by atoms with Gasteiger partial charge in [0.2, 0.25) is 0 Å². The van der Waals surface area contributed by atoms with E-state index in [-0.39, 0.29) is 6.04 Å². The first-order chi connectivity index (χ1) is 8.13. The van der Waals surface area contributed by atoms with Crippen molar-refractivity contribution >= 4 is 61.5 Å². The number of hydrogen-bond donors (Lipinski definition) is 1. The smallest absolute Gasteiger partial charge is 0.0888 e. The fourth-order valence-corrected chi connectivity index (χ4v) is 4.24. The molecule has 0 aliphatic carbocycles. The molecule has 1 unspecified atom stereocenters. The van der Waals surface area contributed by atoms with Crippen molar-refractivity contribution in [2.24, 2.45) is 0 Å². The molecule has 0 aliphatic heterocycles. The van der Waals surface area contributed by atoms with Gasteiger partial charge in [0, 0.05) is 8.45 Å². The summed E-state index contributed by atoms with van der Waals surface area (Å²) in [6.07, 6.45) is 0. The molecule has 0 saturated carbocycles. The molecule has 2 rings (SSSR count). The zero-order chi connectivity index (χ0) is 12.4. The predicted octanol–water partition coefficient (Wildman–Crippen LogP) is 5.08. The van der Waals surface area contributed by atoms with Crippen LogP contribution in [0.15, 0.2) is 34.1 Å². The Balaban J connectivity index is 2.44. The lowest BCUT2D eigenvalue weighted by Gasteiger charge is -2.16. The van der Waals surface area contributed by atoms with E-state index in [4.69, 9.17) is 11.6 Å². The van der Waals surface area contributed by atoms with Crippen molar-refractivity contribution in [2.45, 2.75) is 6.04 Å². The minimum Gasteiger partial charge on any atom is -0.309 e. The van der Waals surface area contributed by atoms with Crippen LogP contribution in [0.3, 0.4) is 0 Å². The van der Waals surface area contributed by atoms with E-state index in [2.05, 4.69) is 68.1 Å². The summed E-state index contributed by atoms with van der Waals surface area (Å²) in [5.74, 6) is 0. The standard InChI is InChI=1S/C12H10BrClINS/c1-16-11(7-4-2-3-5-9(7)15)10-6-8(14)12(13)17-10/h2-6,11,16H,1H3. The molecule has 1 aromatic carbocycles. The highest BCUT2D eigenvalue weighted by Gasteiger charge is 2.18. The normalized spacial score (nSPS) is 12.7. The van der Waals surface area contributed by atoms with Crippen LogP contribution in [0.2, 0.25) is 5.02 Å². The Labute approximate surface area is 132 Å². The minimum absolute atomic E-state index is 0.192. The zero-order valence-corrected chi connectivity index (χ0v) is 14.3. The van der Waals surface area contributed by atoms with Crippen molar-refractivity contribution in [3.63, 3.8) is 0 Å². The molecule has 0 spiro atoms. The third-order valence-corrected chi connectivity index (χ3v) is 5.98. The van der Waals surface area contributed by atoms with Gasteiger partial charge >= 0.3 is 0 Å². The second kappa shape index (κ2) is 6.02. The number of rotatable bonds is 3. The van der Waals surface area contributed by atoms with Gasteiger partial charge in [-0.15, -0.1) is 11.3 Å². The maximum Gasteiger partial charge on any atom is 0.0888 e. The second-order valence-electron chi connectivity index (χ2n) is 3.51. The summed E-state index contributed by atoms with van der Waals surface area (Å²) in [5, 5.41) is 4.12. The minimum atomic E-state index is 0.192. The molecule has 0 aliphatic rings. The van der Waals surface area contributed by atoms with Gasteiger partial charge in [-0.05, 0) is 63.3 Å². The van der Waals surface area contributed by atoms with Crippen molar-refractivity contribution in [2.75, 3.05) is 7.05 Å². The molecule has 0 amide bonds. The molecule has 0 saturated heterocycles. The maximum atomic E-state index is 6.09. The molecule has 1 N–H and O–H groups in total. The van der Waals surface area contributed by atoms with Crippen LogP contribution in [-0.4, -0.2) is 7.05 Å². The summed E-state index contributed by atoms with van der Waals surface area (Å²) in [7, 11) is 1.97. The average molecular weight is 443 g/mol. The Hall–Kier alpha value is 0.380. The van der Waals surface area contributed by atoms with Gasteiger partial charge in [-0.1, -0.05) is 29.8 Å². The molecule has 1 aromatic heterocycles. The van der Waals surface area contributed by atoms with Crippen LogP contribution in [0.25, 0.3) is 0 Å². The first-order valence-corrected chi connectivity index (χ1v) is 8.06. The number of thiophene rings is 1. The average Bonchev–Trinajstić information content (AvgIpc) is 2.63. The van der Waals surface area contributed by atoms with Crippen LogP contribution < -0.4 is 5.32 Å². The predicted molar refractivity (Wildman–Crippen MR) is 87.1 cm³/mol. The summed E-state index contributed by atoms with van der Waals surface area (Å²) in [4.78, 5) is 1.22. The van der Waals surface area contributed by atoms with Gasteiger partial charge in [-0.25, -0.2) is 0 Å². The van der Waals surface area contributed by atoms with Crippen molar-refractivity contribution < 1.29 is 0 Å². The fourth-order valence-electron chi connectivity index (χ4n) is 1.67. The van der Waals surface area contributed by atoms with Gasteiger partial charge in [0.25, 0.3) is 0 Å². The molecular formula is C12H10BrClINS. The van der Waals surface area contributed by atoms with E-state index < -0.39 is 0 Å². The Kier molecular flexibility index (Phi) is 4.88. The van der Waals surface area contributed by atoms with Gasteiger partial charge in [-0.3, -0.25) is 0 Å². The molecule has 0 bridgehead atoms. The Bertz CT molecular complexity index is 509. The Morgan fingerprint density at radius 3 is 2.65 bits per heavy atom. The van der Waals surface area contributed by atoms with E-state index in [0.717, 1.165) is 8.81 Å². The molecule has 1 nitrogen and oxygen atoms in total. The molecule has 17 heavy (non-hydrogen) atoms. The molecule has 5 heteroatoms. The number of nitrogens with one attached hydrogen (secondary N) is 1. The third-order valence-electron chi connectivity index (χ3n) is 2.45. The molecule has 0 radical (unpaired) electrons. The lowest BCUT2D eigenvalue weighted by molar-refractivity contribution is 0.700. The molecule has 1 atom stereocenters. The van der Waals surface area contributed by atoms with Gasteiger partial charge in [0.1, 0.15) is 0 Å². The van der Waals surface area contributed by atoms with E-state index in [0.29, 0.717) is 0 Å². The van der Waals surface area contributed by atoms with Crippen LogP contribution in [-0.2, 0) is 0 Å². The van der Waals surface area contributed by atoms with Gasteiger partial charge in [0.05, 0.1) is 14.9 Å². The van der Waals surface area contributed by atoms with Crippen LogP contribution in [0, 0.1) is 3.57 Å². The highest BCUT2D eigenvalue weighted by atomic mass is 127. The topological polar surface area (TPSA) is 12.0 Å². The Morgan fingerprint density at radius 2 is 2.12 bits per heavy atom. The summed E-state index contributed by atoms with van der Waals surface area (Å²) in [6, 6.07) is 10.6.